The number of hydrogen-bond donors (Lipinski definition) is 2. The molecule has 0 unspecified atom stereocenters. The lowest BCUT2D eigenvalue weighted by atomic mass is 9.84. The van der Waals surface area contributed by atoms with E-state index >= 15 is 0 Å². The van der Waals surface area contributed by atoms with Gasteiger partial charge in [0.25, 0.3) is 0 Å². The Balaban J connectivity index is 0.00000338. The summed E-state index contributed by atoms with van der Waals surface area (Å²) in [5.41, 5.74) is 0.811. The van der Waals surface area contributed by atoms with Crippen LogP contribution >= 0.6 is 35.6 Å². The lowest BCUT2D eigenvalue weighted by molar-refractivity contribution is -0.138. The minimum atomic E-state index is -0.302. The van der Waals surface area contributed by atoms with E-state index in [-0.39, 0.29) is 35.3 Å². The number of amides is 1. The molecule has 1 fully saturated rings. The molecule has 0 saturated heterocycles. The van der Waals surface area contributed by atoms with Crippen LogP contribution in [-0.2, 0) is 11.2 Å². The van der Waals surface area contributed by atoms with Gasteiger partial charge in [0.1, 0.15) is 0 Å². The molecule has 7 heteroatoms. The Morgan fingerprint density at radius 2 is 1.88 bits per heavy atom. The highest BCUT2D eigenvalue weighted by Crippen LogP contribution is 2.38. The third-order valence-electron chi connectivity index (χ3n) is 4.88. The number of aliphatic imine (C=N–C) groups is 1. The van der Waals surface area contributed by atoms with Gasteiger partial charge in [0.05, 0.1) is 5.41 Å². The lowest BCUT2D eigenvalue weighted by Gasteiger charge is -2.31. The van der Waals surface area contributed by atoms with Gasteiger partial charge in [-0.05, 0) is 30.9 Å². The molecule has 1 aliphatic rings. The molecule has 2 N–H and O–H groups in total. The fraction of sp³-hybridized carbons (Fsp3) is 0.579. The van der Waals surface area contributed by atoms with Gasteiger partial charge in [0.2, 0.25) is 5.91 Å². The SMILES string of the molecule is CN=C(NCCc1ccccc1Cl)NCC1(C(=O)N(C)C)CCCC1.I. The highest BCUT2D eigenvalue weighted by atomic mass is 127. The molecule has 0 heterocycles. The zero-order chi connectivity index (χ0) is 18.3. The van der Waals surface area contributed by atoms with E-state index in [1.165, 1.54) is 0 Å². The summed E-state index contributed by atoms with van der Waals surface area (Å²) >= 11 is 6.19. The van der Waals surface area contributed by atoms with Crippen molar-refractivity contribution >= 4 is 47.4 Å². The monoisotopic (exact) mass is 492 g/mol. The number of carbonyl (C=O) groups is 1. The third kappa shape index (κ3) is 6.01. The van der Waals surface area contributed by atoms with Crippen LogP contribution in [0, 0.1) is 5.41 Å². The first-order chi connectivity index (χ1) is 12.0. The van der Waals surface area contributed by atoms with Crippen LogP contribution in [0.15, 0.2) is 29.3 Å². The summed E-state index contributed by atoms with van der Waals surface area (Å²) in [5.74, 6) is 0.939. The van der Waals surface area contributed by atoms with Crippen LogP contribution in [-0.4, -0.2) is 51.0 Å². The maximum absolute atomic E-state index is 12.6. The van der Waals surface area contributed by atoms with Crippen molar-refractivity contribution in [2.24, 2.45) is 10.4 Å². The van der Waals surface area contributed by atoms with Crippen molar-refractivity contribution in [2.45, 2.75) is 32.1 Å². The summed E-state index contributed by atoms with van der Waals surface area (Å²) < 4.78 is 0. The summed E-state index contributed by atoms with van der Waals surface area (Å²) in [7, 11) is 5.41. The second kappa shape index (κ2) is 11.0. The van der Waals surface area contributed by atoms with E-state index in [0.29, 0.717) is 6.54 Å². The maximum Gasteiger partial charge on any atom is 0.230 e. The van der Waals surface area contributed by atoms with Gasteiger partial charge in [-0.15, -0.1) is 24.0 Å². The molecule has 0 aliphatic heterocycles. The molecule has 0 atom stereocenters. The zero-order valence-electron chi connectivity index (χ0n) is 15.8. The van der Waals surface area contributed by atoms with Crippen LogP contribution in [0.2, 0.25) is 5.02 Å². The lowest BCUT2D eigenvalue weighted by Crippen LogP contribution is -2.49. The Morgan fingerprint density at radius 3 is 2.46 bits per heavy atom. The van der Waals surface area contributed by atoms with E-state index in [1.54, 1.807) is 11.9 Å². The number of benzene rings is 1. The number of hydrogen-bond acceptors (Lipinski definition) is 2. The van der Waals surface area contributed by atoms with Gasteiger partial charge in [-0.25, -0.2) is 0 Å². The molecule has 1 saturated carbocycles. The Kier molecular flexibility index (Phi) is 9.71. The molecule has 1 aliphatic carbocycles. The zero-order valence-corrected chi connectivity index (χ0v) is 18.9. The van der Waals surface area contributed by atoms with Crippen LogP contribution in [0.5, 0.6) is 0 Å². The predicted molar refractivity (Wildman–Crippen MR) is 120 cm³/mol. The number of nitrogens with one attached hydrogen (secondary N) is 2. The molecular formula is C19H30ClIN4O. The average molecular weight is 493 g/mol. The summed E-state index contributed by atoms with van der Waals surface area (Å²) in [6, 6.07) is 7.86. The quantitative estimate of drug-likeness (QED) is 0.364. The highest BCUT2D eigenvalue weighted by molar-refractivity contribution is 14.0. The smallest absolute Gasteiger partial charge is 0.230 e. The van der Waals surface area contributed by atoms with Crippen LogP contribution in [0.3, 0.4) is 0 Å². The number of carbonyl (C=O) groups excluding carboxylic acids is 1. The van der Waals surface area contributed by atoms with Gasteiger partial charge in [0, 0.05) is 39.3 Å². The Bertz CT molecular complexity index is 615. The normalized spacial score (nSPS) is 15.9. The van der Waals surface area contributed by atoms with Crippen LogP contribution in [0.1, 0.15) is 31.2 Å². The van der Waals surface area contributed by atoms with Crippen LogP contribution in [0.4, 0.5) is 0 Å². The first-order valence-electron chi connectivity index (χ1n) is 8.88. The van der Waals surface area contributed by atoms with E-state index in [2.05, 4.69) is 15.6 Å². The largest absolute Gasteiger partial charge is 0.356 e. The van der Waals surface area contributed by atoms with Crippen LogP contribution in [0.25, 0.3) is 0 Å². The van der Waals surface area contributed by atoms with E-state index < -0.39 is 0 Å². The van der Waals surface area contributed by atoms with Gasteiger partial charge in [-0.3, -0.25) is 9.79 Å². The summed E-state index contributed by atoms with van der Waals surface area (Å²) in [6.45, 7) is 1.35. The van der Waals surface area contributed by atoms with E-state index in [9.17, 15) is 4.79 Å². The Hall–Kier alpha value is -1.02. The van der Waals surface area contributed by atoms with Crippen LogP contribution < -0.4 is 10.6 Å². The van der Waals surface area contributed by atoms with Gasteiger partial charge in [-0.1, -0.05) is 42.6 Å². The molecule has 1 aromatic rings. The van der Waals surface area contributed by atoms with E-state index in [1.807, 2.05) is 38.4 Å². The first kappa shape index (κ1) is 23.0. The van der Waals surface area contributed by atoms with Crippen molar-refractivity contribution in [1.29, 1.82) is 0 Å². The molecule has 26 heavy (non-hydrogen) atoms. The summed E-state index contributed by atoms with van der Waals surface area (Å²) in [6.07, 6.45) is 4.92. The van der Waals surface area contributed by atoms with Gasteiger partial charge < -0.3 is 15.5 Å². The fourth-order valence-electron chi connectivity index (χ4n) is 3.48. The van der Waals surface area contributed by atoms with Crippen molar-refractivity contribution in [3.63, 3.8) is 0 Å². The van der Waals surface area contributed by atoms with Crippen molar-refractivity contribution in [1.82, 2.24) is 15.5 Å². The second-order valence-electron chi connectivity index (χ2n) is 6.88. The standard InChI is InChI=1S/C19H29ClN4O.HI/c1-21-18(22-13-10-15-8-4-5-9-16(15)20)23-14-19(11-6-7-12-19)17(25)24(2)3;/h4-5,8-9H,6-7,10-14H2,1-3H3,(H2,21,22,23);1H. The molecule has 1 aromatic carbocycles. The molecule has 0 radical (unpaired) electrons. The van der Waals surface area contributed by atoms with E-state index in [4.69, 9.17) is 11.6 Å². The van der Waals surface area contributed by atoms with Crippen molar-refractivity contribution in [3.8, 4) is 0 Å². The number of halogens is 2. The first-order valence-corrected chi connectivity index (χ1v) is 9.26. The fourth-order valence-corrected chi connectivity index (χ4v) is 3.71. The molecule has 0 spiro atoms. The summed E-state index contributed by atoms with van der Waals surface area (Å²) in [5, 5.41) is 7.44. The topological polar surface area (TPSA) is 56.7 Å². The van der Waals surface area contributed by atoms with Crippen molar-refractivity contribution < 1.29 is 4.79 Å². The van der Waals surface area contributed by atoms with E-state index in [0.717, 1.165) is 55.2 Å². The predicted octanol–water partition coefficient (Wildman–Crippen LogP) is 3.31. The molecule has 2 rings (SSSR count). The minimum absolute atomic E-state index is 0. The van der Waals surface area contributed by atoms with Crippen molar-refractivity contribution in [3.05, 3.63) is 34.9 Å². The van der Waals surface area contributed by atoms with Gasteiger partial charge in [0.15, 0.2) is 5.96 Å². The highest BCUT2D eigenvalue weighted by Gasteiger charge is 2.42. The number of guanidine groups is 1. The second-order valence-corrected chi connectivity index (χ2v) is 7.29. The third-order valence-corrected chi connectivity index (χ3v) is 5.25. The molecular weight excluding hydrogens is 463 g/mol. The molecule has 146 valence electrons. The number of nitrogens with zero attached hydrogens (tertiary/aromatic N) is 2. The van der Waals surface area contributed by atoms with Gasteiger partial charge in [-0.2, -0.15) is 0 Å². The maximum atomic E-state index is 12.6. The summed E-state index contributed by atoms with van der Waals surface area (Å²) in [4.78, 5) is 18.6. The molecule has 1 amide bonds. The minimum Gasteiger partial charge on any atom is -0.356 e. The molecule has 5 nitrogen and oxygen atoms in total. The number of rotatable bonds is 6. The Labute approximate surface area is 179 Å². The molecule has 0 aromatic heterocycles. The van der Waals surface area contributed by atoms with Gasteiger partial charge >= 0.3 is 0 Å². The average Bonchev–Trinajstić information content (AvgIpc) is 3.08. The Morgan fingerprint density at radius 1 is 1.23 bits per heavy atom. The molecule has 0 bridgehead atoms. The van der Waals surface area contributed by atoms with Crippen molar-refractivity contribution in [2.75, 3.05) is 34.2 Å².